The zero-order valence-electron chi connectivity index (χ0n) is 10.1. The quantitative estimate of drug-likeness (QED) is 0.822. The van der Waals surface area contributed by atoms with Crippen LogP contribution in [0.15, 0.2) is 30.3 Å². The molecule has 1 aliphatic heterocycles. The van der Waals surface area contributed by atoms with Crippen molar-refractivity contribution in [1.29, 1.82) is 0 Å². The third-order valence-corrected chi connectivity index (χ3v) is 3.03. The molecule has 17 heavy (non-hydrogen) atoms. The van der Waals surface area contributed by atoms with Gasteiger partial charge in [0.25, 0.3) is 0 Å². The van der Waals surface area contributed by atoms with Crippen LogP contribution in [0.1, 0.15) is 6.42 Å². The number of carbonyl (C=O) groups is 1. The van der Waals surface area contributed by atoms with Crippen LogP contribution in [-0.4, -0.2) is 43.6 Å². The summed E-state index contributed by atoms with van der Waals surface area (Å²) in [6.45, 7) is 2.25. The number of para-hydroxylation sites is 1. The summed E-state index contributed by atoms with van der Waals surface area (Å²) in [5.41, 5.74) is 0. The van der Waals surface area contributed by atoms with Gasteiger partial charge in [0.2, 0.25) is 5.91 Å². The van der Waals surface area contributed by atoms with E-state index in [0.717, 1.165) is 18.8 Å². The van der Waals surface area contributed by atoms with E-state index in [0.29, 0.717) is 19.1 Å². The number of nitrogens with one attached hydrogen (secondary N) is 1. The average molecular weight is 234 g/mol. The number of amides is 1. The molecule has 1 amide bonds. The normalized spacial score (nSPS) is 15.1. The Hall–Kier alpha value is -1.55. The first-order chi connectivity index (χ1) is 8.27. The van der Waals surface area contributed by atoms with Crippen molar-refractivity contribution in [3.05, 3.63) is 30.3 Å². The Morgan fingerprint density at radius 1 is 1.41 bits per heavy atom. The molecule has 1 N–H and O–H groups in total. The molecule has 0 saturated carbocycles. The van der Waals surface area contributed by atoms with Crippen LogP contribution < -0.4 is 10.1 Å². The second-order valence-corrected chi connectivity index (χ2v) is 4.23. The summed E-state index contributed by atoms with van der Waals surface area (Å²) in [4.78, 5) is 13.6. The fraction of sp³-hybridized carbons (Fsp3) is 0.462. The Morgan fingerprint density at radius 3 is 2.71 bits per heavy atom. The molecule has 2 rings (SSSR count). The highest BCUT2D eigenvalue weighted by atomic mass is 16.5. The van der Waals surface area contributed by atoms with Gasteiger partial charge in [-0.15, -0.1) is 0 Å². The lowest BCUT2D eigenvalue weighted by atomic mass is 10.1. The van der Waals surface area contributed by atoms with E-state index in [2.05, 4.69) is 5.32 Å². The lowest BCUT2D eigenvalue weighted by Gasteiger charge is -2.35. The van der Waals surface area contributed by atoms with E-state index < -0.39 is 0 Å². The summed E-state index contributed by atoms with van der Waals surface area (Å²) in [5.74, 6) is 0.959. The molecule has 92 valence electrons. The van der Waals surface area contributed by atoms with Crippen LogP contribution in [-0.2, 0) is 4.79 Å². The van der Waals surface area contributed by atoms with E-state index in [-0.39, 0.29) is 5.91 Å². The summed E-state index contributed by atoms with van der Waals surface area (Å²) in [6.07, 6.45) is 0.432. The van der Waals surface area contributed by atoms with Gasteiger partial charge in [-0.1, -0.05) is 18.2 Å². The van der Waals surface area contributed by atoms with Crippen LogP contribution in [0.4, 0.5) is 0 Å². The molecule has 4 nitrogen and oxygen atoms in total. The van der Waals surface area contributed by atoms with Crippen molar-refractivity contribution < 1.29 is 9.53 Å². The van der Waals surface area contributed by atoms with Crippen molar-refractivity contribution in [2.45, 2.75) is 12.5 Å². The van der Waals surface area contributed by atoms with E-state index in [1.807, 2.05) is 42.3 Å². The highest BCUT2D eigenvalue weighted by molar-refractivity contribution is 5.76. The van der Waals surface area contributed by atoms with Crippen molar-refractivity contribution in [3.8, 4) is 5.75 Å². The van der Waals surface area contributed by atoms with E-state index in [1.54, 1.807) is 0 Å². The van der Waals surface area contributed by atoms with Crippen molar-refractivity contribution in [2.75, 3.05) is 26.7 Å². The number of hydrogen-bond acceptors (Lipinski definition) is 3. The van der Waals surface area contributed by atoms with Gasteiger partial charge in [-0.05, 0) is 12.1 Å². The van der Waals surface area contributed by atoms with Gasteiger partial charge >= 0.3 is 0 Å². The fourth-order valence-electron chi connectivity index (χ4n) is 1.70. The minimum absolute atomic E-state index is 0.146. The third-order valence-electron chi connectivity index (χ3n) is 3.03. The van der Waals surface area contributed by atoms with Crippen molar-refractivity contribution in [3.63, 3.8) is 0 Å². The van der Waals surface area contributed by atoms with Gasteiger partial charge < -0.3 is 15.0 Å². The summed E-state index contributed by atoms with van der Waals surface area (Å²) >= 11 is 0. The maximum Gasteiger partial charge on any atom is 0.226 e. The van der Waals surface area contributed by atoms with Crippen LogP contribution in [0, 0.1) is 0 Å². The van der Waals surface area contributed by atoms with E-state index in [4.69, 9.17) is 4.74 Å². The second kappa shape index (κ2) is 5.68. The van der Waals surface area contributed by atoms with Crippen molar-refractivity contribution >= 4 is 5.91 Å². The van der Waals surface area contributed by atoms with Gasteiger partial charge in [-0.2, -0.15) is 0 Å². The predicted octanol–water partition coefficient (Wildman–Crippen LogP) is 0.886. The molecule has 1 saturated heterocycles. The molecular formula is C13H18N2O2. The summed E-state index contributed by atoms with van der Waals surface area (Å²) < 4.78 is 5.50. The van der Waals surface area contributed by atoms with Gasteiger partial charge in [0.15, 0.2) is 0 Å². The van der Waals surface area contributed by atoms with Crippen LogP contribution in [0.5, 0.6) is 5.75 Å². The Balaban J connectivity index is 1.69. The van der Waals surface area contributed by atoms with E-state index in [9.17, 15) is 4.79 Å². The number of ether oxygens (including phenoxy) is 1. The smallest absolute Gasteiger partial charge is 0.226 e. The van der Waals surface area contributed by atoms with E-state index >= 15 is 0 Å². The molecule has 1 aromatic carbocycles. The molecule has 4 heteroatoms. The summed E-state index contributed by atoms with van der Waals surface area (Å²) in [6, 6.07) is 9.93. The minimum Gasteiger partial charge on any atom is -0.493 e. The Bertz CT molecular complexity index is 363. The lowest BCUT2D eigenvalue weighted by Crippen LogP contribution is -2.57. The fourth-order valence-corrected chi connectivity index (χ4v) is 1.70. The third kappa shape index (κ3) is 3.20. The zero-order valence-corrected chi connectivity index (χ0v) is 10.1. The molecule has 0 atom stereocenters. The Kier molecular flexibility index (Phi) is 3.98. The van der Waals surface area contributed by atoms with Gasteiger partial charge in [-0.3, -0.25) is 4.79 Å². The molecule has 1 fully saturated rings. The number of rotatable bonds is 5. The number of likely N-dealkylation sites (N-methyl/N-ethyl adjacent to an activating group) is 1. The molecule has 0 spiro atoms. The summed E-state index contributed by atoms with van der Waals surface area (Å²) in [5, 5.41) is 3.15. The molecule has 1 aromatic rings. The minimum atomic E-state index is 0.146. The molecular weight excluding hydrogens is 216 g/mol. The van der Waals surface area contributed by atoms with Gasteiger partial charge in [0.05, 0.1) is 19.1 Å². The number of nitrogens with zero attached hydrogens (tertiary/aromatic N) is 1. The number of benzene rings is 1. The van der Waals surface area contributed by atoms with Gasteiger partial charge in [0.1, 0.15) is 5.75 Å². The highest BCUT2D eigenvalue weighted by Gasteiger charge is 2.24. The maximum absolute atomic E-state index is 11.8. The molecule has 1 aliphatic rings. The SMILES string of the molecule is CN(C(=O)CCOc1ccccc1)C1CNC1. The lowest BCUT2D eigenvalue weighted by molar-refractivity contribution is -0.133. The van der Waals surface area contributed by atoms with Gasteiger partial charge in [0, 0.05) is 20.1 Å². The van der Waals surface area contributed by atoms with Gasteiger partial charge in [-0.25, -0.2) is 0 Å². The molecule has 0 radical (unpaired) electrons. The van der Waals surface area contributed by atoms with Crippen LogP contribution in [0.3, 0.4) is 0 Å². The van der Waals surface area contributed by atoms with Crippen LogP contribution in [0.25, 0.3) is 0 Å². The van der Waals surface area contributed by atoms with Crippen LogP contribution in [0.2, 0.25) is 0 Å². The first-order valence-corrected chi connectivity index (χ1v) is 5.91. The topological polar surface area (TPSA) is 41.6 Å². The Labute approximate surface area is 102 Å². The predicted molar refractivity (Wildman–Crippen MR) is 66.0 cm³/mol. The average Bonchev–Trinajstić information content (AvgIpc) is 2.28. The molecule has 1 heterocycles. The zero-order chi connectivity index (χ0) is 12.1. The van der Waals surface area contributed by atoms with E-state index in [1.165, 1.54) is 0 Å². The maximum atomic E-state index is 11.8. The first kappa shape index (κ1) is 11.9. The highest BCUT2D eigenvalue weighted by Crippen LogP contribution is 2.09. The molecule has 0 aliphatic carbocycles. The second-order valence-electron chi connectivity index (χ2n) is 4.23. The standard InChI is InChI=1S/C13H18N2O2/c1-15(11-9-14-10-11)13(16)7-8-17-12-5-3-2-4-6-12/h2-6,11,14H,7-10H2,1H3. The molecule has 0 unspecified atom stereocenters. The van der Waals surface area contributed by atoms with Crippen molar-refractivity contribution in [1.82, 2.24) is 10.2 Å². The molecule has 0 bridgehead atoms. The monoisotopic (exact) mass is 234 g/mol. The Morgan fingerprint density at radius 2 is 2.12 bits per heavy atom. The summed E-state index contributed by atoms with van der Waals surface area (Å²) in [7, 11) is 1.86. The first-order valence-electron chi connectivity index (χ1n) is 5.91. The number of carbonyl (C=O) groups excluding carboxylic acids is 1. The van der Waals surface area contributed by atoms with Crippen molar-refractivity contribution in [2.24, 2.45) is 0 Å². The number of hydrogen-bond donors (Lipinski definition) is 1. The largest absolute Gasteiger partial charge is 0.493 e. The van der Waals surface area contributed by atoms with Crippen LogP contribution >= 0.6 is 0 Å². The molecule has 0 aromatic heterocycles.